The van der Waals surface area contributed by atoms with Gasteiger partial charge in [0.1, 0.15) is 12.2 Å². The van der Waals surface area contributed by atoms with Gasteiger partial charge in [-0.1, -0.05) is 13.8 Å². The number of methoxy groups -OCH3 is 1. The molecule has 112 valence electrons. The average Bonchev–Trinajstić information content (AvgIpc) is 2.75. The zero-order valence-electron chi connectivity index (χ0n) is 12.3. The van der Waals surface area contributed by atoms with Crippen LogP contribution in [0.2, 0.25) is 0 Å². The van der Waals surface area contributed by atoms with E-state index in [0.717, 1.165) is 5.69 Å². The molecule has 1 aromatic heterocycles. The summed E-state index contributed by atoms with van der Waals surface area (Å²) in [4.78, 5) is 24.5. The van der Waals surface area contributed by atoms with Gasteiger partial charge in [-0.3, -0.25) is 14.3 Å². The third-order valence-corrected chi connectivity index (χ3v) is 2.89. The summed E-state index contributed by atoms with van der Waals surface area (Å²) in [6.07, 6.45) is 0. The van der Waals surface area contributed by atoms with Crippen molar-refractivity contribution in [1.82, 2.24) is 14.7 Å². The molecular weight excluding hydrogens is 262 g/mol. The summed E-state index contributed by atoms with van der Waals surface area (Å²) in [5.74, 6) is -1.21. The van der Waals surface area contributed by atoms with E-state index in [1.165, 1.54) is 16.7 Å². The van der Waals surface area contributed by atoms with Crippen molar-refractivity contribution < 1.29 is 19.4 Å². The molecule has 0 unspecified atom stereocenters. The summed E-state index contributed by atoms with van der Waals surface area (Å²) < 4.78 is 6.39. The van der Waals surface area contributed by atoms with Crippen LogP contribution in [0.15, 0.2) is 6.07 Å². The lowest BCUT2D eigenvalue weighted by atomic mass is 10.1. The van der Waals surface area contributed by atoms with Crippen LogP contribution in [0.25, 0.3) is 0 Å². The predicted molar refractivity (Wildman–Crippen MR) is 72.7 cm³/mol. The highest BCUT2D eigenvalue weighted by atomic mass is 16.5. The molecule has 0 aliphatic rings. The quantitative estimate of drug-likeness (QED) is 0.797. The van der Waals surface area contributed by atoms with Crippen LogP contribution in [0.4, 0.5) is 0 Å². The number of hydrogen-bond acceptors (Lipinski definition) is 4. The Morgan fingerprint density at radius 2 is 2.15 bits per heavy atom. The number of carboxylic acid groups (broad SMARTS) is 1. The number of carboxylic acids is 1. The van der Waals surface area contributed by atoms with Gasteiger partial charge in [0, 0.05) is 20.7 Å². The molecule has 0 spiro atoms. The smallest absolute Gasteiger partial charge is 0.323 e. The molecule has 1 N–H and O–H groups in total. The molecule has 7 nitrogen and oxygen atoms in total. The molecule has 0 fully saturated rings. The van der Waals surface area contributed by atoms with Gasteiger partial charge < -0.3 is 14.7 Å². The van der Waals surface area contributed by atoms with Crippen molar-refractivity contribution >= 4 is 11.9 Å². The van der Waals surface area contributed by atoms with E-state index in [2.05, 4.69) is 5.10 Å². The van der Waals surface area contributed by atoms with Crippen molar-refractivity contribution in [2.45, 2.75) is 19.8 Å². The zero-order valence-corrected chi connectivity index (χ0v) is 12.3. The summed E-state index contributed by atoms with van der Waals surface area (Å²) in [7, 11) is 3.18. The number of carbonyl (C=O) groups excluding carboxylic acids is 1. The molecule has 1 heterocycles. The van der Waals surface area contributed by atoms with Gasteiger partial charge in [0.05, 0.1) is 12.3 Å². The summed E-state index contributed by atoms with van der Waals surface area (Å²) in [5.41, 5.74) is 1.18. The first kappa shape index (κ1) is 16.2. The van der Waals surface area contributed by atoms with Gasteiger partial charge >= 0.3 is 5.97 Å². The molecule has 0 aliphatic heterocycles. The van der Waals surface area contributed by atoms with E-state index in [9.17, 15) is 9.59 Å². The average molecular weight is 283 g/mol. The molecule has 0 aromatic carbocycles. The second-order valence-electron chi connectivity index (χ2n) is 4.85. The van der Waals surface area contributed by atoms with Gasteiger partial charge in [0.15, 0.2) is 0 Å². The first-order valence-corrected chi connectivity index (χ1v) is 6.40. The van der Waals surface area contributed by atoms with Crippen molar-refractivity contribution in [2.75, 3.05) is 26.8 Å². The Bertz CT molecular complexity index is 482. The standard InChI is InChI=1S/C13H21N3O4/c1-9(2)10-7-11(15(3)14-10)13(19)16(5-6-20-4)8-12(17)18/h7,9H,5-6,8H2,1-4H3,(H,17,18). The molecule has 1 aromatic rings. The lowest BCUT2D eigenvalue weighted by molar-refractivity contribution is -0.137. The van der Waals surface area contributed by atoms with E-state index in [0.29, 0.717) is 5.69 Å². The third kappa shape index (κ3) is 4.06. The normalized spacial score (nSPS) is 10.8. The molecule has 0 atom stereocenters. The van der Waals surface area contributed by atoms with Crippen molar-refractivity contribution in [3.8, 4) is 0 Å². The van der Waals surface area contributed by atoms with E-state index in [4.69, 9.17) is 9.84 Å². The Labute approximate surface area is 118 Å². The number of carbonyl (C=O) groups is 2. The molecule has 7 heteroatoms. The van der Waals surface area contributed by atoms with Crippen LogP contribution in [0.5, 0.6) is 0 Å². The number of nitrogens with zero attached hydrogens (tertiary/aromatic N) is 3. The third-order valence-electron chi connectivity index (χ3n) is 2.89. The number of ether oxygens (including phenoxy) is 1. The molecule has 0 saturated carbocycles. The highest BCUT2D eigenvalue weighted by Crippen LogP contribution is 2.15. The fourth-order valence-corrected chi connectivity index (χ4v) is 1.75. The molecular formula is C13H21N3O4. The van der Waals surface area contributed by atoms with Gasteiger partial charge in [-0.05, 0) is 12.0 Å². The lowest BCUT2D eigenvalue weighted by Crippen LogP contribution is -2.38. The topological polar surface area (TPSA) is 84.7 Å². The first-order chi connectivity index (χ1) is 9.36. The number of aryl methyl sites for hydroxylation is 1. The highest BCUT2D eigenvalue weighted by molar-refractivity contribution is 5.94. The Balaban J connectivity index is 2.95. The minimum Gasteiger partial charge on any atom is -0.480 e. The molecule has 0 radical (unpaired) electrons. The van der Waals surface area contributed by atoms with Crippen molar-refractivity contribution in [3.05, 3.63) is 17.5 Å². The maximum atomic E-state index is 12.4. The lowest BCUT2D eigenvalue weighted by Gasteiger charge is -2.20. The number of rotatable bonds is 7. The van der Waals surface area contributed by atoms with Gasteiger partial charge in [-0.15, -0.1) is 0 Å². The Morgan fingerprint density at radius 3 is 2.60 bits per heavy atom. The summed E-state index contributed by atoms with van der Waals surface area (Å²) in [6, 6.07) is 1.70. The van der Waals surface area contributed by atoms with Crippen LogP contribution >= 0.6 is 0 Å². The van der Waals surface area contributed by atoms with Gasteiger partial charge in [-0.2, -0.15) is 5.10 Å². The van der Waals surface area contributed by atoms with E-state index in [1.807, 2.05) is 13.8 Å². The second kappa shape index (κ2) is 7.04. The maximum Gasteiger partial charge on any atom is 0.323 e. The molecule has 1 amide bonds. The molecule has 20 heavy (non-hydrogen) atoms. The first-order valence-electron chi connectivity index (χ1n) is 6.40. The number of aromatic nitrogens is 2. The molecule has 0 aliphatic carbocycles. The van der Waals surface area contributed by atoms with Crippen LogP contribution < -0.4 is 0 Å². The fraction of sp³-hybridized carbons (Fsp3) is 0.615. The fourth-order valence-electron chi connectivity index (χ4n) is 1.75. The monoisotopic (exact) mass is 283 g/mol. The van der Waals surface area contributed by atoms with Crippen LogP contribution in [-0.2, 0) is 16.6 Å². The Kier molecular flexibility index (Phi) is 5.69. The van der Waals surface area contributed by atoms with Crippen LogP contribution in [0, 0.1) is 0 Å². The molecule has 0 saturated heterocycles. The van der Waals surface area contributed by atoms with Crippen molar-refractivity contribution in [2.24, 2.45) is 7.05 Å². The van der Waals surface area contributed by atoms with E-state index in [1.54, 1.807) is 13.1 Å². The SMILES string of the molecule is COCCN(CC(=O)O)C(=O)c1cc(C(C)C)nn1C. The number of amides is 1. The summed E-state index contributed by atoms with van der Waals surface area (Å²) in [5, 5.41) is 13.1. The number of aliphatic carboxylic acids is 1. The van der Waals surface area contributed by atoms with E-state index < -0.39 is 5.97 Å². The van der Waals surface area contributed by atoms with Crippen molar-refractivity contribution in [3.63, 3.8) is 0 Å². The van der Waals surface area contributed by atoms with E-state index >= 15 is 0 Å². The second-order valence-corrected chi connectivity index (χ2v) is 4.85. The Morgan fingerprint density at radius 1 is 1.50 bits per heavy atom. The molecule has 0 bridgehead atoms. The van der Waals surface area contributed by atoms with Crippen LogP contribution in [0.1, 0.15) is 35.9 Å². The minimum atomic E-state index is -1.05. The van der Waals surface area contributed by atoms with Gasteiger partial charge in [-0.25, -0.2) is 0 Å². The summed E-state index contributed by atoms with van der Waals surface area (Å²) >= 11 is 0. The van der Waals surface area contributed by atoms with Gasteiger partial charge in [0.25, 0.3) is 5.91 Å². The van der Waals surface area contributed by atoms with Crippen molar-refractivity contribution in [1.29, 1.82) is 0 Å². The summed E-state index contributed by atoms with van der Waals surface area (Å²) in [6.45, 7) is 4.12. The number of hydrogen-bond donors (Lipinski definition) is 1. The predicted octanol–water partition coefficient (Wildman–Crippen LogP) is 0.717. The zero-order chi connectivity index (χ0) is 15.3. The highest BCUT2D eigenvalue weighted by Gasteiger charge is 2.22. The van der Waals surface area contributed by atoms with Crippen LogP contribution in [-0.4, -0.2) is 58.5 Å². The minimum absolute atomic E-state index is 0.203. The largest absolute Gasteiger partial charge is 0.480 e. The Hall–Kier alpha value is -1.89. The molecule has 1 rings (SSSR count). The van der Waals surface area contributed by atoms with Crippen LogP contribution in [0.3, 0.4) is 0 Å². The van der Waals surface area contributed by atoms with E-state index in [-0.39, 0.29) is 31.5 Å². The van der Waals surface area contributed by atoms with Gasteiger partial charge in [0.2, 0.25) is 0 Å². The maximum absolute atomic E-state index is 12.4.